The Hall–Kier alpha value is -5.51. The van der Waals surface area contributed by atoms with Gasteiger partial charge in [0.05, 0.1) is 55.0 Å². The summed E-state index contributed by atoms with van der Waals surface area (Å²) in [4.78, 5) is 42.7. The van der Waals surface area contributed by atoms with E-state index in [0.717, 1.165) is 65.9 Å². The zero-order chi connectivity index (χ0) is 34.6. The van der Waals surface area contributed by atoms with E-state index in [0.29, 0.717) is 48.9 Å². The fourth-order valence-electron chi connectivity index (χ4n) is 6.94. The summed E-state index contributed by atoms with van der Waals surface area (Å²) in [5, 5.41) is 0. The second-order valence-electron chi connectivity index (χ2n) is 13.0. The van der Waals surface area contributed by atoms with Crippen molar-refractivity contribution in [3.05, 3.63) is 100 Å². The van der Waals surface area contributed by atoms with E-state index in [4.69, 9.17) is 24.2 Å². The summed E-state index contributed by atoms with van der Waals surface area (Å²) in [5.74, 6) is 1.85. The first-order valence-electron chi connectivity index (χ1n) is 17.1. The minimum Gasteiger partial charge on any atom is -0.493 e. The topological polar surface area (TPSA) is 106 Å². The van der Waals surface area contributed by atoms with Gasteiger partial charge in [-0.2, -0.15) is 0 Å². The Balaban J connectivity index is 0.912. The van der Waals surface area contributed by atoms with Gasteiger partial charge in [-0.15, -0.1) is 0 Å². The van der Waals surface area contributed by atoms with Crippen molar-refractivity contribution in [1.82, 2.24) is 9.88 Å². The van der Waals surface area contributed by atoms with E-state index in [1.807, 2.05) is 61.5 Å². The number of aromatic nitrogens is 1. The number of rotatable bonds is 12. The van der Waals surface area contributed by atoms with Gasteiger partial charge in [-0.3, -0.25) is 24.6 Å². The summed E-state index contributed by atoms with van der Waals surface area (Å²) in [5.41, 5.74) is 8.39. The van der Waals surface area contributed by atoms with Gasteiger partial charge in [0.25, 0.3) is 5.91 Å². The van der Waals surface area contributed by atoms with Crippen molar-refractivity contribution < 1.29 is 23.8 Å². The van der Waals surface area contributed by atoms with E-state index >= 15 is 0 Å². The molecular weight excluding hydrogens is 630 g/mol. The lowest BCUT2D eigenvalue weighted by Gasteiger charge is -2.34. The number of aliphatic imine (C=N–C) groups is 2. The molecule has 7 rings (SSSR count). The molecule has 50 heavy (non-hydrogen) atoms. The Labute approximate surface area is 292 Å². The molecule has 10 heteroatoms. The Morgan fingerprint density at radius 1 is 0.900 bits per heavy atom. The summed E-state index contributed by atoms with van der Waals surface area (Å²) >= 11 is 0. The van der Waals surface area contributed by atoms with Crippen LogP contribution >= 0.6 is 0 Å². The molecule has 2 atom stereocenters. The van der Waals surface area contributed by atoms with Gasteiger partial charge in [-0.05, 0) is 79.5 Å². The molecule has 3 aromatic carbocycles. The van der Waals surface area contributed by atoms with Crippen LogP contribution in [0.5, 0.6) is 17.2 Å². The number of hydrogen-bond acceptors (Lipinski definition) is 8. The number of ether oxygens (including phenoxy) is 3. The van der Waals surface area contributed by atoms with Crippen LogP contribution < -0.4 is 19.1 Å². The summed E-state index contributed by atoms with van der Waals surface area (Å²) in [6.07, 6.45) is 12.1. The molecule has 4 heterocycles. The summed E-state index contributed by atoms with van der Waals surface area (Å²) < 4.78 is 18.0. The number of carbonyl (C=O) groups is 2. The van der Waals surface area contributed by atoms with Crippen LogP contribution in [-0.4, -0.2) is 67.0 Å². The predicted octanol–water partition coefficient (Wildman–Crippen LogP) is 6.91. The summed E-state index contributed by atoms with van der Waals surface area (Å²) in [6.45, 7) is 5.69. The zero-order valence-corrected chi connectivity index (χ0v) is 28.7. The van der Waals surface area contributed by atoms with Crippen molar-refractivity contribution in [2.24, 2.45) is 9.98 Å². The van der Waals surface area contributed by atoms with Gasteiger partial charge < -0.3 is 24.0 Å². The van der Waals surface area contributed by atoms with Crippen LogP contribution in [0.1, 0.15) is 57.4 Å². The van der Waals surface area contributed by atoms with Crippen molar-refractivity contribution in [3.8, 4) is 17.2 Å². The molecule has 0 saturated heterocycles. The van der Waals surface area contributed by atoms with E-state index in [2.05, 4.69) is 23.2 Å². The highest BCUT2D eigenvalue weighted by Gasteiger charge is 2.33. The van der Waals surface area contributed by atoms with E-state index in [9.17, 15) is 9.59 Å². The maximum Gasteiger partial charge on any atom is 0.257 e. The molecule has 0 aliphatic carbocycles. The number of hydrogen-bond donors (Lipinski definition) is 0. The van der Waals surface area contributed by atoms with Crippen molar-refractivity contribution >= 4 is 41.8 Å². The number of unbranched alkanes of at least 4 members (excludes halogenated alkanes) is 2. The predicted molar refractivity (Wildman–Crippen MR) is 194 cm³/mol. The molecule has 10 nitrogen and oxygen atoms in total. The first-order chi connectivity index (χ1) is 24.4. The Morgan fingerprint density at radius 3 is 2.50 bits per heavy atom. The number of amides is 2. The Morgan fingerprint density at radius 2 is 1.70 bits per heavy atom. The van der Waals surface area contributed by atoms with E-state index < -0.39 is 0 Å². The van der Waals surface area contributed by atoms with E-state index in [1.165, 1.54) is 11.1 Å². The number of carbonyl (C=O) groups excluding carboxylic acids is 2. The lowest BCUT2D eigenvalue weighted by molar-refractivity contribution is -0.107. The number of fused-ring (bicyclic) bond motifs is 4. The maximum absolute atomic E-state index is 13.6. The van der Waals surface area contributed by atoms with Crippen LogP contribution in [0, 0.1) is 13.8 Å². The van der Waals surface area contributed by atoms with Gasteiger partial charge >= 0.3 is 0 Å². The van der Waals surface area contributed by atoms with Gasteiger partial charge in [0.15, 0.2) is 11.5 Å². The lowest BCUT2D eigenvalue weighted by atomic mass is 9.94. The monoisotopic (exact) mass is 671 g/mol. The molecule has 1 aromatic heterocycles. The maximum atomic E-state index is 13.6. The average Bonchev–Trinajstić information content (AvgIpc) is 3.44. The molecule has 0 N–H and O–H groups in total. The van der Waals surface area contributed by atoms with Gasteiger partial charge in [0.2, 0.25) is 6.41 Å². The quantitative estimate of drug-likeness (QED) is 0.0921. The average molecular weight is 672 g/mol. The highest BCUT2D eigenvalue weighted by atomic mass is 16.5. The number of nitrogens with zero attached hydrogens (tertiary/aromatic N) is 5. The number of methoxy groups -OCH3 is 1. The molecule has 0 spiro atoms. The molecule has 2 amide bonds. The van der Waals surface area contributed by atoms with E-state index in [-0.39, 0.29) is 18.0 Å². The smallest absolute Gasteiger partial charge is 0.257 e. The number of aryl methyl sites for hydroxylation is 2. The number of anilines is 1. The highest BCUT2D eigenvalue weighted by Crippen LogP contribution is 2.39. The fourth-order valence-corrected chi connectivity index (χ4v) is 6.94. The van der Waals surface area contributed by atoms with Crippen LogP contribution in [0.3, 0.4) is 0 Å². The van der Waals surface area contributed by atoms with Crippen molar-refractivity contribution in [1.29, 1.82) is 0 Å². The van der Waals surface area contributed by atoms with Gasteiger partial charge in [0, 0.05) is 49.9 Å². The first kappa shape index (κ1) is 33.0. The zero-order valence-electron chi connectivity index (χ0n) is 28.7. The Bertz CT molecular complexity index is 1970. The van der Waals surface area contributed by atoms with Crippen LogP contribution in [0.25, 0.3) is 0 Å². The van der Waals surface area contributed by atoms with Crippen molar-refractivity contribution in [3.63, 3.8) is 0 Å². The van der Waals surface area contributed by atoms with Crippen LogP contribution in [-0.2, 0) is 24.2 Å². The second-order valence-corrected chi connectivity index (χ2v) is 13.0. The molecule has 3 aliphatic rings. The van der Waals surface area contributed by atoms with Gasteiger partial charge in [-0.1, -0.05) is 30.3 Å². The molecule has 256 valence electrons. The standard InChI is InChI=1S/C40H41N5O5/c1-26-15-27(2)37(19-34(26)42-23-32-17-30-21-41-12-11-36(30)45(32)25-46)49-13-7-4-8-14-50-39-20-35-33(18-38(39)48-3)40(47)44-24-29-10-6-5-9-28(29)16-31(44)22-43-35/h5-6,9-12,15,18-23,25,31-32H,4,7-8,13-14,16-17,24H2,1-3H3/b42-23-. The first-order valence-corrected chi connectivity index (χ1v) is 17.1. The minimum absolute atomic E-state index is 0.0494. The normalized spacial score (nSPS) is 17.5. The third-order valence-electron chi connectivity index (χ3n) is 9.69. The molecule has 4 aromatic rings. The van der Waals surface area contributed by atoms with Crippen molar-refractivity contribution in [2.45, 2.75) is 64.6 Å². The minimum atomic E-state index is -0.152. The Kier molecular flexibility index (Phi) is 9.60. The third kappa shape index (κ3) is 6.70. The third-order valence-corrected chi connectivity index (χ3v) is 9.69. The van der Waals surface area contributed by atoms with Crippen LogP contribution in [0.4, 0.5) is 17.1 Å². The summed E-state index contributed by atoms with van der Waals surface area (Å²) in [7, 11) is 1.59. The SMILES string of the molecule is COc1cc2c(cc1OCCCCCOc1cc(/N=C\C3Cc4cnccc4N3C=O)c(C)cc1C)N=CC1Cc3ccccc3CN1C2=O. The lowest BCUT2D eigenvalue weighted by Crippen LogP contribution is -2.44. The van der Waals surface area contributed by atoms with Gasteiger partial charge in [0.1, 0.15) is 5.75 Å². The molecule has 0 bridgehead atoms. The molecule has 0 radical (unpaired) electrons. The van der Waals surface area contributed by atoms with Gasteiger partial charge in [-0.25, -0.2) is 0 Å². The van der Waals surface area contributed by atoms with Crippen molar-refractivity contribution in [2.75, 3.05) is 25.2 Å². The highest BCUT2D eigenvalue weighted by molar-refractivity contribution is 6.03. The van der Waals surface area contributed by atoms with Crippen LogP contribution in [0.2, 0.25) is 0 Å². The molecule has 3 aliphatic heterocycles. The number of benzene rings is 3. The molecule has 2 unspecified atom stereocenters. The summed E-state index contributed by atoms with van der Waals surface area (Å²) in [6, 6.07) is 17.5. The second kappa shape index (κ2) is 14.5. The van der Waals surface area contributed by atoms with Crippen LogP contribution in [0.15, 0.2) is 77.0 Å². The molecular formula is C40H41N5O5. The molecule has 0 saturated carbocycles. The largest absolute Gasteiger partial charge is 0.493 e. The molecule has 0 fully saturated rings. The van der Waals surface area contributed by atoms with E-state index in [1.54, 1.807) is 30.5 Å². The number of pyridine rings is 1. The fraction of sp³-hybridized carbons (Fsp3) is 0.325.